The van der Waals surface area contributed by atoms with E-state index in [0.29, 0.717) is 11.5 Å². The highest BCUT2D eigenvalue weighted by atomic mass is 16.5. The number of methoxy groups -OCH3 is 1. The molecule has 0 saturated carbocycles. The molecule has 2 aromatic carbocycles. The fourth-order valence-electron chi connectivity index (χ4n) is 2.73. The van der Waals surface area contributed by atoms with Gasteiger partial charge in [-0.15, -0.1) is 0 Å². The molecule has 5 nitrogen and oxygen atoms in total. The van der Waals surface area contributed by atoms with Crippen LogP contribution in [0.3, 0.4) is 0 Å². The molecular formula is C20H22N2O3. The summed E-state index contributed by atoms with van der Waals surface area (Å²) in [6, 6.07) is 15.0. The molecule has 0 amide bonds. The van der Waals surface area contributed by atoms with E-state index in [4.69, 9.17) is 9.47 Å². The van der Waals surface area contributed by atoms with Crippen LogP contribution in [0.15, 0.2) is 48.5 Å². The Morgan fingerprint density at radius 1 is 1.16 bits per heavy atom. The van der Waals surface area contributed by atoms with E-state index in [1.165, 1.54) is 7.11 Å². The number of nitrogens with one attached hydrogen (secondary N) is 1. The number of H-pyrrole nitrogens is 1. The molecule has 1 heterocycles. The van der Waals surface area contributed by atoms with Gasteiger partial charge in [-0.05, 0) is 42.7 Å². The van der Waals surface area contributed by atoms with Crippen LogP contribution in [0.25, 0.3) is 11.0 Å². The Morgan fingerprint density at radius 2 is 1.92 bits per heavy atom. The van der Waals surface area contributed by atoms with Crippen molar-refractivity contribution in [2.45, 2.75) is 26.4 Å². The minimum Gasteiger partial charge on any atom is -0.483 e. The number of carbonyl (C=O) groups is 1. The van der Waals surface area contributed by atoms with E-state index >= 15 is 0 Å². The van der Waals surface area contributed by atoms with Crippen molar-refractivity contribution < 1.29 is 14.3 Å². The molecule has 0 aliphatic carbocycles. The number of hydrogen-bond donors (Lipinski definition) is 1. The molecular weight excluding hydrogens is 316 g/mol. The second-order valence-corrected chi connectivity index (χ2v) is 6.39. The van der Waals surface area contributed by atoms with Gasteiger partial charge in [0, 0.05) is 0 Å². The fraction of sp³-hybridized carbons (Fsp3) is 0.300. The summed E-state index contributed by atoms with van der Waals surface area (Å²) in [7, 11) is 1.37. The Morgan fingerprint density at radius 3 is 2.60 bits per heavy atom. The number of carbonyl (C=O) groups excluding carboxylic acids is 1. The van der Waals surface area contributed by atoms with Crippen molar-refractivity contribution >= 4 is 17.0 Å². The minimum atomic E-state index is -0.364. The molecule has 130 valence electrons. The number of esters is 1. The Balaban J connectivity index is 1.93. The van der Waals surface area contributed by atoms with Gasteiger partial charge in [0.05, 0.1) is 23.7 Å². The zero-order chi connectivity index (χ0) is 17.8. The number of aromatic nitrogens is 2. The van der Waals surface area contributed by atoms with E-state index in [1.807, 2.05) is 36.4 Å². The Kier molecular flexibility index (Phi) is 5.03. The standard InChI is InChI=1S/C20H22N2O3/c1-13(2)11-18(25-15-7-5-4-6-8-15)19-21-16-10-9-14(20(23)24-3)12-17(16)22-19/h4-10,12-13,18H,11H2,1-3H3,(H,21,22). The van der Waals surface area contributed by atoms with E-state index in [9.17, 15) is 4.79 Å². The van der Waals surface area contributed by atoms with Gasteiger partial charge in [-0.1, -0.05) is 32.0 Å². The van der Waals surface area contributed by atoms with Crippen LogP contribution in [0.5, 0.6) is 5.75 Å². The van der Waals surface area contributed by atoms with Crippen molar-refractivity contribution in [2.75, 3.05) is 7.11 Å². The molecule has 1 atom stereocenters. The number of aromatic amines is 1. The van der Waals surface area contributed by atoms with E-state index in [-0.39, 0.29) is 12.1 Å². The average Bonchev–Trinajstić information content (AvgIpc) is 3.04. The normalized spacial score (nSPS) is 12.3. The topological polar surface area (TPSA) is 64.2 Å². The summed E-state index contributed by atoms with van der Waals surface area (Å²) in [5.74, 6) is 1.66. The monoisotopic (exact) mass is 338 g/mol. The Bertz CT molecular complexity index is 856. The van der Waals surface area contributed by atoms with Gasteiger partial charge in [-0.25, -0.2) is 9.78 Å². The Labute approximate surface area is 147 Å². The van der Waals surface area contributed by atoms with E-state index in [1.54, 1.807) is 12.1 Å². The quantitative estimate of drug-likeness (QED) is 0.671. The zero-order valence-corrected chi connectivity index (χ0v) is 14.7. The summed E-state index contributed by atoms with van der Waals surface area (Å²) in [5, 5.41) is 0. The first-order valence-electron chi connectivity index (χ1n) is 8.36. The van der Waals surface area contributed by atoms with Gasteiger partial charge in [0.1, 0.15) is 11.6 Å². The Hall–Kier alpha value is -2.82. The van der Waals surface area contributed by atoms with Crippen LogP contribution in [0.4, 0.5) is 0 Å². The molecule has 1 unspecified atom stereocenters. The summed E-state index contributed by atoms with van der Waals surface area (Å²) in [6.07, 6.45) is 0.648. The van der Waals surface area contributed by atoms with Crippen LogP contribution in [-0.4, -0.2) is 23.0 Å². The largest absolute Gasteiger partial charge is 0.483 e. The van der Waals surface area contributed by atoms with Crippen molar-refractivity contribution in [3.8, 4) is 5.75 Å². The first-order valence-corrected chi connectivity index (χ1v) is 8.36. The first-order chi connectivity index (χ1) is 12.1. The maximum Gasteiger partial charge on any atom is 0.337 e. The van der Waals surface area contributed by atoms with Crippen molar-refractivity contribution in [1.82, 2.24) is 9.97 Å². The van der Waals surface area contributed by atoms with Gasteiger partial charge < -0.3 is 14.5 Å². The molecule has 0 fully saturated rings. The van der Waals surface area contributed by atoms with Crippen molar-refractivity contribution in [3.63, 3.8) is 0 Å². The summed E-state index contributed by atoms with van der Waals surface area (Å²) in [4.78, 5) is 19.7. The minimum absolute atomic E-state index is 0.184. The van der Waals surface area contributed by atoms with E-state index in [2.05, 4.69) is 23.8 Å². The van der Waals surface area contributed by atoms with Crippen molar-refractivity contribution in [3.05, 3.63) is 59.9 Å². The van der Waals surface area contributed by atoms with Crippen molar-refractivity contribution in [2.24, 2.45) is 5.92 Å². The highest BCUT2D eigenvalue weighted by molar-refractivity contribution is 5.93. The molecule has 0 radical (unpaired) electrons. The van der Waals surface area contributed by atoms with E-state index < -0.39 is 0 Å². The average molecular weight is 338 g/mol. The SMILES string of the molecule is COC(=O)c1ccc2nc(C(CC(C)C)Oc3ccccc3)[nH]c2c1. The molecule has 5 heteroatoms. The maximum atomic E-state index is 11.7. The van der Waals surface area contributed by atoms with Crippen LogP contribution in [0.2, 0.25) is 0 Å². The van der Waals surface area contributed by atoms with Gasteiger partial charge in [0.2, 0.25) is 0 Å². The van der Waals surface area contributed by atoms with Crippen LogP contribution >= 0.6 is 0 Å². The zero-order valence-electron chi connectivity index (χ0n) is 14.7. The summed E-state index contributed by atoms with van der Waals surface area (Å²) >= 11 is 0. The second kappa shape index (κ2) is 7.38. The van der Waals surface area contributed by atoms with Gasteiger partial charge in [-0.3, -0.25) is 0 Å². The van der Waals surface area contributed by atoms with Gasteiger partial charge in [0.15, 0.2) is 6.10 Å². The third-order valence-electron chi connectivity index (χ3n) is 3.93. The predicted molar refractivity (Wildman–Crippen MR) is 96.7 cm³/mol. The number of ether oxygens (including phenoxy) is 2. The summed E-state index contributed by atoms with van der Waals surface area (Å²) in [6.45, 7) is 4.30. The number of imidazole rings is 1. The first kappa shape index (κ1) is 17.0. The smallest absolute Gasteiger partial charge is 0.337 e. The highest BCUT2D eigenvalue weighted by Gasteiger charge is 2.20. The van der Waals surface area contributed by atoms with Crippen LogP contribution in [0, 0.1) is 5.92 Å². The number of fused-ring (bicyclic) bond motifs is 1. The number of rotatable bonds is 6. The number of hydrogen-bond acceptors (Lipinski definition) is 4. The number of para-hydroxylation sites is 1. The molecule has 0 saturated heterocycles. The molecule has 1 N–H and O–H groups in total. The lowest BCUT2D eigenvalue weighted by atomic mass is 10.1. The third-order valence-corrected chi connectivity index (χ3v) is 3.93. The molecule has 1 aromatic heterocycles. The molecule has 0 aliphatic rings. The molecule has 3 aromatic rings. The van der Waals surface area contributed by atoms with Crippen LogP contribution < -0.4 is 4.74 Å². The maximum absolute atomic E-state index is 11.7. The van der Waals surface area contributed by atoms with Gasteiger partial charge >= 0.3 is 5.97 Å². The lowest BCUT2D eigenvalue weighted by Crippen LogP contribution is -2.12. The second-order valence-electron chi connectivity index (χ2n) is 6.39. The number of benzene rings is 2. The molecule has 0 bridgehead atoms. The van der Waals surface area contributed by atoms with Crippen LogP contribution in [0.1, 0.15) is 42.6 Å². The predicted octanol–water partition coefficient (Wildman–Crippen LogP) is 4.52. The summed E-state index contributed by atoms with van der Waals surface area (Å²) < 4.78 is 10.9. The van der Waals surface area contributed by atoms with Crippen molar-refractivity contribution in [1.29, 1.82) is 0 Å². The van der Waals surface area contributed by atoms with E-state index in [0.717, 1.165) is 29.0 Å². The molecule has 3 rings (SSSR count). The highest BCUT2D eigenvalue weighted by Crippen LogP contribution is 2.28. The summed E-state index contributed by atoms with van der Waals surface area (Å²) in [5.41, 5.74) is 2.09. The van der Waals surface area contributed by atoms with Gasteiger partial charge in [0.25, 0.3) is 0 Å². The molecule has 0 aliphatic heterocycles. The molecule has 25 heavy (non-hydrogen) atoms. The van der Waals surface area contributed by atoms with Crippen LogP contribution in [-0.2, 0) is 4.74 Å². The molecule has 0 spiro atoms. The van der Waals surface area contributed by atoms with Gasteiger partial charge in [-0.2, -0.15) is 0 Å². The lowest BCUT2D eigenvalue weighted by Gasteiger charge is -2.19. The fourth-order valence-corrected chi connectivity index (χ4v) is 2.73. The number of nitrogens with zero attached hydrogens (tertiary/aromatic N) is 1. The lowest BCUT2D eigenvalue weighted by molar-refractivity contribution is 0.0601. The third kappa shape index (κ3) is 3.99.